The van der Waals surface area contributed by atoms with E-state index in [-0.39, 0.29) is 5.69 Å². The number of hydrogen-bond acceptors (Lipinski definition) is 3. The van der Waals surface area contributed by atoms with E-state index < -0.39 is 29.2 Å². The van der Waals surface area contributed by atoms with E-state index in [2.05, 4.69) is 10.6 Å². The lowest BCUT2D eigenvalue weighted by atomic mass is 10.2. The van der Waals surface area contributed by atoms with Crippen LogP contribution in [-0.2, 0) is 0 Å². The summed E-state index contributed by atoms with van der Waals surface area (Å²) < 4.78 is 26.6. The highest BCUT2D eigenvalue weighted by Gasteiger charge is 2.16. The molecule has 0 radical (unpaired) electrons. The number of halogens is 2. The lowest BCUT2D eigenvalue weighted by Crippen LogP contribution is -2.30. The second-order valence-corrected chi connectivity index (χ2v) is 4.83. The molecule has 0 aliphatic heterocycles. The van der Waals surface area contributed by atoms with E-state index in [1.807, 2.05) is 6.26 Å². The molecule has 3 N–H and O–H groups in total. The number of aromatic carboxylic acids is 1. The van der Waals surface area contributed by atoms with Gasteiger partial charge in [0.2, 0.25) is 0 Å². The van der Waals surface area contributed by atoms with E-state index in [1.54, 1.807) is 11.8 Å². The van der Waals surface area contributed by atoms with Crippen LogP contribution >= 0.6 is 11.8 Å². The number of amides is 2. The van der Waals surface area contributed by atoms with Crippen molar-refractivity contribution in [1.82, 2.24) is 5.32 Å². The van der Waals surface area contributed by atoms with Crippen molar-refractivity contribution in [3.8, 4) is 0 Å². The van der Waals surface area contributed by atoms with Gasteiger partial charge in [0.05, 0.1) is 11.3 Å². The summed E-state index contributed by atoms with van der Waals surface area (Å²) in [5, 5.41) is 13.4. The standard InChI is InChI=1S/C12H14F2N2O3S/c1-20-4-2-3-15-12(19)16-10-5-7(11(17)18)8(13)6-9(10)14/h5-6H,2-4H2,1H3,(H,17,18)(H2,15,16,19). The number of hydrogen-bond donors (Lipinski definition) is 3. The molecule has 0 unspecified atom stereocenters. The molecule has 0 heterocycles. The fraction of sp³-hybridized carbons (Fsp3) is 0.333. The minimum Gasteiger partial charge on any atom is -0.478 e. The van der Waals surface area contributed by atoms with E-state index in [1.165, 1.54) is 0 Å². The van der Waals surface area contributed by atoms with Gasteiger partial charge in [-0.05, 0) is 24.5 Å². The van der Waals surface area contributed by atoms with Crippen LogP contribution in [0.15, 0.2) is 12.1 Å². The Bertz CT molecular complexity index is 512. The number of nitrogens with one attached hydrogen (secondary N) is 2. The summed E-state index contributed by atoms with van der Waals surface area (Å²) in [7, 11) is 0. The lowest BCUT2D eigenvalue weighted by molar-refractivity contribution is 0.0692. The predicted octanol–water partition coefficient (Wildman–Crippen LogP) is 2.54. The Hall–Kier alpha value is -1.83. The number of anilines is 1. The van der Waals surface area contributed by atoms with Gasteiger partial charge in [0, 0.05) is 12.6 Å². The first-order valence-corrected chi connectivity index (χ1v) is 7.11. The molecule has 0 aliphatic carbocycles. The van der Waals surface area contributed by atoms with Gasteiger partial charge >= 0.3 is 12.0 Å². The molecule has 0 bridgehead atoms. The van der Waals surface area contributed by atoms with Crippen LogP contribution in [0.4, 0.5) is 19.3 Å². The van der Waals surface area contributed by atoms with Gasteiger partial charge in [0.25, 0.3) is 0 Å². The molecule has 1 rings (SSSR count). The molecule has 0 spiro atoms. The summed E-state index contributed by atoms with van der Waals surface area (Å²) >= 11 is 1.63. The maximum Gasteiger partial charge on any atom is 0.338 e. The van der Waals surface area contributed by atoms with Gasteiger partial charge in [0.15, 0.2) is 0 Å². The third kappa shape index (κ3) is 4.69. The van der Waals surface area contributed by atoms with Crippen LogP contribution in [0.1, 0.15) is 16.8 Å². The van der Waals surface area contributed by atoms with Gasteiger partial charge in [0.1, 0.15) is 11.6 Å². The van der Waals surface area contributed by atoms with Crippen molar-refractivity contribution < 1.29 is 23.5 Å². The maximum absolute atomic E-state index is 13.4. The smallest absolute Gasteiger partial charge is 0.338 e. The topological polar surface area (TPSA) is 78.4 Å². The average molecular weight is 304 g/mol. The zero-order valence-corrected chi connectivity index (χ0v) is 11.5. The normalized spacial score (nSPS) is 10.2. The number of carboxylic acids is 1. The molecule has 0 aromatic heterocycles. The van der Waals surface area contributed by atoms with E-state index in [0.29, 0.717) is 12.6 Å². The summed E-state index contributed by atoms with van der Waals surface area (Å²) in [5.74, 6) is -2.90. The minimum absolute atomic E-state index is 0.383. The Morgan fingerprint density at radius 3 is 2.60 bits per heavy atom. The molecule has 8 heteroatoms. The van der Waals surface area contributed by atoms with Crippen molar-refractivity contribution in [2.45, 2.75) is 6.42 Å². The Balaban J connectivity index is 2.69. The summed E-state index contributed by atoms with van der Waals surface area (Å²) in [6, 6.07) is 0.495. The first-order chi connectivity index (χ1) is 9.45. The predicted molar refractivity (Wildman–Crippen MR) is 73.3 cm³/mol. The van der Waals surface area contributed by atoms with Gasteiger partial charge < -0.3 is 15.7 Å². The molecular formula is C12H14F2N2O3S. The number of carboxylic acid groups (broad SMARTS) is 1. The first-order valence-electron chi connectivity index (χ1n) is 5.71. The Kier molecular flexibility index (Phi) is 6.23. The van der Waals surface area contributed by atoms with Crippen LogP contribution < -0.4 is 10.6 Å². The second-order valence-electron chi connectivity index (χ2n) is 3.84. The fourth-order valence-corrected chi connectivity index (χ4v) is 1.83. The van der Waals surface area contributed by atoms with E-state index in [4.69, 9.17) is 5.11 Å². The van der Waals surface area contributed by atoms with Crippen LogP contribution in [0, 0.1) is 11.6 Å². The molecule has 2 amide bonds. The number of carbonyl (C=O) groups excluding carboxylic acids is 1. The molecule has 20 heavy (non-hydrogen) atoms. The number of rotatable bonds is 6. The average Bonchev–Trinajstić information content (AvgIpc) is 2.37. The third-order valence-electron chi connectivity index (χ3n) is 2.35. The highest BCUT2D eigenvalue weighted by molar-refractivity contribution is 7.98. The zero-order valence-electron chi connectivity index (χ0n) is 10.7. The van der Waals surface area contributed by atoms with Crippen molar-refractivity contribution in [2.24, 2.45) is 0 Å². The van der Waals surface area contributed by atoms with Crippen molar-refractivity contribution >= 4 is 29.4 Å². The van der Waals surface area contributed by atoms with Crippen molar-refractivity contribution in [2.75, 3.05) is 23.9 Å². The third-order valence-corrected chi connectivity index (χ3v) is 3.04. The van der Waals surface area contributed by atoms with Crippen molar-refractivity contribution in [3.05, 3.63) is 29.3 Å². The lowest BCUT2D eigenvalue weighted by Gasteiger charge is -2.09. The molecule has 0 fully saturated rings. The molecule has 0 atom stereocenters. The van der Waals surface area contributed by atoms with Crippen molar-refractivity contribution in [1.29, 1.82) is 0 Å². The number of urea groups is 1. The largest absolute Gasteiger partial charge is 0.478 e. The summed E-state index contributed by atoms with van der Waals surface area (Å²) in [4.78, 5) is 22.2. The van der Waals surface area contributed by atoms with Gasteiger partial charge in [-0.1, -0.05) is 0 Å². The van der Waals surface area contributed by atoms with Crippen LogP contribution in [0.25, 0.3) is 0 Å². The Morgan fingerprint density at radius 2 is 2.00 bits per heavy atom. The summed E-state index contributed by atoms with van der Waals surface area (Å²) in [5.41, 5.74) is -1.09. The summed E-state index contributed by atoms with van der Waals surface area (Å²) in [6.45, 7) is 0.404. The Morgan fingerprint density at radius 1 is 1.30 bits per heavy atom. The number of carbonyl (C=O) groups is 2. The molecule has 110 valence electrons. The highest BCUT2D eigenvalue weighted by atomic mass is 32.2. The quantitative estimate of drug-likeness (QED) is 0.706. The van der Waals surface area contributed by atoms with Crippen LogP contribution in [0.5, 0.6) is 0 Å². The molecule has 1 aromatic carbocycles. The number of thioether (sulfide) groups is 1. The molecule has 0 aliphatic rings. The van der Waals surface area contributed by atoms with Gasteiger partial charge in [-0.3, -0.25) is 0 Å². The SMILES string of the molecule is CSCCCNC(=O)Nc1cc(C(=O)O)c(F)cc1F. The van der Waals surface area contributed by atoms with Crippen LogP contribution in [-0.4, -0.2) is 35.7 Å². The van der Waals surface area contributed by atoms with Crippen LogP contribution in [0.3, 0.4) is 0 Å². The molecular weight excluding hydrogens is 290 g/mol. The second kappa shape index (κ2) is 7.68. The molecule has 0 saturated heterocycles. The van der Waals surface area contributed by atoms with Gasteiger partial charge in [-0.25, -0.2) is 18.4 Å². The Labute approximate surface area is 118 Å². The summed E-state index contributed by atoms with van der Waals surface area (Å²) in [6.07, 6.45) is 2.68. The van der Waals surface area contributed by atoms with Crippen LogP contribution in [0.2, 0.25) is 0 Å². The fourth-order valence-electron chi connectivity index (χ4n) is 1.39. The minimum atomic E-state index is -1.54. The molecule has 1 aromatic rings. The molecule has 0 saturated carbocycles. The van der Waals surface area contributed by atoms with Crippen molar-refractivity contribution in [3.63, 3.8) is 0 Å². The van der Waals surface area contributed by atoms with E-state index in [9.17, 15) is 18.4 Å². The van der Waals surface area contributed by atoms with E-state index in [0.717, 1.165) is 18.2 Å². The number of benzene rings is 1. The monoisotopic (exact) mass is 304 g/mol. The first kappa shape index (κ1) is 16.2. The highest BCUT2D eigenvalue weighted by Crippen LogP contribution is 2.19. The molecule has 5 nitrogen and oxygen atoms in total. The maximum atomic E-state index is 13.4. The van der Waals surface area contributed by atoms with E-state index >= 15 is 0 Å². The van der Waals surface area contributed by atoms with Gasteiger partial charge in [-0.15, -0.1) is 0 Å². The zero-order chi connectivity index (χ0) is 15.1. The van der Waals surface area contributed by atoms with Gasteiger partial charge in [-0.2, -0.15) is 11.8 Å².